The van der Waals surface area contributed by atoms with Crippen LogP contribution in [0.4, 0.5) is 4.39 Å². The van der Waals surface area contributed by atoms with Crippen LogP contribution in [0.1, 0.15) is 21.5 Å². The number of aromatic nitrogens is 1. The second-order valence-corrected chi connectivity index (χ2v) is 4.59. The standard InChI is InChI=1S/C14H11ClFNO2/c1-8-4-9(13(18)6-12(8)16)5-14(19)10-2-3-17-7-11(10)15/h2-4,6-7,18H,5H2,1H3. The third-order valence-corrected chi connectivity index (χ3v) is 3.08. The van der Waals surface area contributed by atoms with Gasteiger partial charge in [-0.1, -0.05) is 11.6 Å². The van der Waals surface area contributed by atoms with Crippen molar-refractivity contribution in [3.05, 3.63) is 58.1 Å². The van der Waals surface area contributed by atoms with Crippen LogP contribution in [0.25, 0.3) is 0 Å². The van der Waals surface area contributed by atoms with E-state index in [1.54, 1.807) is 6.92 Å². The summed E-state index contributed by atoms with van der Waals surface area (Å²) in [5.74, 6) is -0.994. The van der Waals surface area contributed by atoms with Crippen molar-refractivity contribution >= 4 is 17.4 Å². The Labute approximate surface area is 114 Å². The number of ketones is 1. The van der Waals surface area contributed by atoms with Gasteiger partial charge in [0.2, 0.25) is 0 Å². The summed E-state index contributed by atoms with van der Waals surface area (Å²) in [6.07, 6.45) is 2.80. The molecule has 2 rings (SSSR count). The number of pyridine rings is 1. The lowest BCUT2D eigenvalue weighted by Gasteiger charge is -2.07. The van der Waals surface area contributed by atoms with E-state index >= 15 is 0 Å². The van der Waals surface area contributed by atoms with Gasteiger partial charge in [0.15, 0.2) is 5.78 Å². The van der Waals surface area contributed by atoms with Gasteiger partial charge in [0.1, 0.15) is 11.6 Å². The van der Waals surface area contributed by atoms with Gasteiger partial charge in [-0.25, -0.2) is 4.39 Å². The van der Waals surface area contributed by atoms with Crippen molar-refractivity contribution in [3.8, 4) is 5.75 Å². The lowest BCUT2D eigenvalue weighted by Crippen LogP contribution is -2.05. The van der Waals surface area contributed by atoms with Crippen LogP contribution in [0.3, 0.4) is 0 Å². The number of phenolic OH excluding ortho intramolecular Hbond substituents is 1. The van der Waals surface area contributed by atoms with Crippen molar-refractivity contribution in [2.75, 3.05) is 0 Å². The predicted molar refractivity (Wildman–Crippen MR) is 70.1 cm³/mol. The number of hydrogen-bond donors (Lipinski definition) is 1. The number of carbonyl (C=O) groups is 1. The Morgan fingerprint density at radius 1 is 1.47 bits per heavy atom. The molecule has 1 aromatic heterocycles. The molecule has 1 heterocycles. The van der Waals surface area contributed by atoms with E-state index in [1.807, 2.05) is 0 Å². The summed E-state index contributed by atoms with van der Waals surface area (Å²) in [6.45, 7) is 1.57. The molecule has 0 amide bonds. The third-order valence-electron chi connectivity index (χ3n) is 2.78. The minimum Gasteiger partial charge on any atom is -0.508 e. The molecule has 0 saturated heterocycles. The van der Waals surface area contributed by atoms with E-state index in [-0.39, 0.29) is 23.0 Å². The second-order valence-electron chi connectivity index (χ2n) is 4.19. The van der Waals surface area contributed by atoms with Crippen molar-refractivity contribution in [1.29, 1.82) is 0 Å². The van der Waals surface area contributed by atoms with Gasteiger partial charge in [-0.2, -0.15) is 0 Å². The Balaban J connectivity index is 2.30. The summed E-state index contributed by atoms with van der Waals surface area (Å²) in [4.78, 5) is 15.9. The van der Waals surface area contributed by atoms with E-state index in [0.29, 0.717) is 16.7 Å². The van der Waals surface area contributed by atoms with E-state index in [1.165, 1.54) is 24.5 Å². The number of carbonyl (C=O) groups excluding carboxylic acids is 1. The molecule has 0 aliphatic heterocycles. The number of nitrogens with zero attached hydrogens (tertiary/aromatic N) is 1. The molecule has 1 N–H and O–H groups in total. The highest BCUT2D eigenvalue weighted by molar-refractivity contribution is 6.33. The third kappa shape index (κ3) is 2.90. The van der Waals surface area contributed by atoms with Gasteiger partial charge >= 0.3 is 0 Å². The first-order valence-electron chi connectivity index (χ1n) is 5.59. The summed E-state index contributed by atoms with van der Waals surface area (Å²) >= 11 is 5.88. The van der Waals surface area contributed by atoms with Gasteiger partial charge in [-0.3, -0.25) is 9.78 Å². The molecule has 5 heteroatoms. The van der Waals surface area contributed by atoms with Crippen LogP contribution in [0.15, 0.2) is 30.6 Å². The first kappa shape index (κ1) is 13.5. The number of halogens is 2. The Hall–Kier alpha value is -1.94. The Morgan fingerprint density at radius 3 is 2.89 bits per heavy atom. The maximum atomic E-state index is 13.2. The van der Waals surface area contributed by atoms with Crippen LogP contribution in [0, 0.1) is 12.7 Å². The molecule has 0 spiro atoms. The number of aromatic hydroxyl groups is 1. The highest BCUT2D eigenvalue weighted by Crippen LogP contribution is 2.24. The van der Waals surface area contributed by atoms with E-state index in [4.69, 9.17) is 11.6 Å². The molecule has 1 aromatic carbocycles. The van der Waals surface area contributed by atoms with Gasteiger partial charge in [-0.05, 0) is 24.6 Å². The fraction of sp³-hybridized carbons (Fsp3) is 0.143. The highest BCUT2D eigenvalue weighted by Gasteiger charge is 2.14. The minimum atomic E-state index is -0.504. The Bertz CT molecular complexity index is 643. The van der Waals surface area contributed by atoms with Gasteiger partial charge in [0.25, 0.3) is 0 Å². The number of hydrogen-bond acceptors (Lipinski definition) is 3. The van der Waals surface area contributed by atoms with Gasteiger partial charge in [-0.15, -0.1) is 0 Å². The molecule has 0 unspecified atom stereocenters. The van der Waals surface area contributed by atoms with Crippen molar-refractivity contribution in [2.24, 2.45) is 0 Å². The lowest BCUT2D eigenvalue weighted by atomic mass is 10.0. The summed E-state index contributed by atoms with van der Waals surface area (Å²) in [6, 6.07) is 3.97. The van der Waals surface area contributed by atoms with Crippen molar-refractivity contribution in [3.63, 3.8) is 0 Å². The molecule has 0 saturated carbocycles. The zero-order valence-corrected chi connectivity index (χ0v) is 10.9. The minimum absolute atomic E-state index is 0.0450. The molecule has 3 nitrogen and oxygen atoms in total. The normalized spacial score (nSPS) is 10.5. The summed E-state index contributed by atoms with van der Waals surface area (Å²) < 4.78 is 13.2. The van der Waals surface area contributed by atoms with Gasteiger partial charge < -0.3 is 5.11 Å². The van der Waals surface area contributed by atoms with Crippen molar-refractivity contribution in [1.82, 2.24) is 4.98 Å². The Morgan fingerprint density at radius 2 is 2.21 bits per heavy atom. The highest BCUT2D eigenvalue weighted by atomic mass is 35.5. The van der Waals surface area contributed by atoms with Crippen LogP contribution in [-0.4, -0.2) is 15.9 Å². The number of rotatable bonds is 3. The smallest absolute Gasteiger partial charge is 0.168 e. The lowest BCUT2D eigenvalue weighted by molar-refractivity contribution is 0.0992. The molecule has 0 atom stereocenters. The zero-order valence-electron chi connectivity index (χ0n) is 10.2. The molecular formula is C14H11ClFNO2. The first-order chi connectivity index (χ1) is 8.99. The SMILES string of the molecule is Cc1cc(CC(=O)c2ccncc2Cl)c(O)cc1F. The van der Waals surface area contributed by atoms with Crippen LogP contribution < -0.4 is 0 Å². The topological polar surface area (TPSA) is 50.2 Å². The molecule has 2 aromatic rings. The fourth-order valence-corrected chi connectivity index (χ4v) is 1.97. The van der Waals surface area contributed by atoms with Gasteiger partial charge in [0, 0.05) is 36.0 Å². The molecule has 0 aliphatic rings. The van der Waals surface area contributed by atoms with E-state index in [2.05, 4.69) is 4.98 Å². The summed E-state index contributed by atoms with van der Waals surface area (Å²) in [5.41, 5.74) is 1.08. The second kappa shape index (κ2) is 5.36. The van der Waals surface area contributed by atoms with Gasteiger partial charge in [0.05, 0.1) is 5.02 Å². The zero-order chi connectivity index (χ0) is 14.0. The number of benzene rings is 1. The molecule has 0 fully saturated rings. The number of Topliss-reactive ketones (excluding diaryl/α,β-unsaturated/α-hetero) is 1. The van der Waals surface area contributed by atoms with Crippen LogP contribution in [0.2, 0.25) is 5.02 Å². The molecule has 0 radical (unpaired) electrons. The van der Waals surface area contributed by atoms with Crippen molar-refractivity contribution < 1.29 is 14.3 Å². The molecule has 0 aliphatic carbocycles. The number of aryl methyl sites for hydroxylation is 1. The Kier molecular flexibility index (Phi) is 3.81. The van der Waals surface area contributed by atoms with Crippen LogP contribution >= 0.6 is 11.6 Å². The first-order valence-corrected chi connectivity index (χ1v) is 5.97. The maximum absolute atomic E-state index is 13.2. The fourth-order valence-electron chi connectivity index (χ4n) is 1.74. The average Bonchev–Trinajstić information content (AvgIpc) is 2.36. The average molecular weight is 280 g/mol. The quantitative estimate of drug-likeness (QED) is 0.877. The predicted octanol–water partition coefficient (Wildman–Crippen LogP) is 3.31. The molecule has 98 valence electrons. The summed E-state index contributed by atoms with van der Waals surface area (Å²) in [5, 5.41) is 9.90. The van der Waals surface area contributed by atoms with E-state index in [9.17, 15) is 14.3 Å². The molecule has 0 bridgehead atoms. The largest absolute Gasteiger partial charge is 0.508 e. The summed E-state index contributed by atoms with van der Waals surface area (Å²) in [7, 11) is 0. The maximum Gasteiger partial charge on any atom is 0.168 e. The number of phenols is 1. The van der Waals surface area contributed by atoms with Crippen LogP contribution in [0.5, 0.6) is 5.75 Å². The monoisotopic (exact) mass is 279 g/mol. The molecule has 19 heavy (non-hydrogen) atoms. The van der Waals surface area contributed by atoms with E-state index < -0.39 is 5.82 Å². The van der Waals surface area contributed by atoms with E-state index in [0.717, 1.165) is 6.07 Å². The molecular weight excluding hydrogens is 269 g/mol. The van der Waals surface area contributed by atoms with Crippen LogP contribution in [-0.2, 0) is 6.42 Å². The van der Waals surface area contributed by atoms with Crippen molar-refractivity contribution in [2.45, 2.75) is 13.3 Å².